The average Bonchev–Trinajstić information content (AvgIpc) is 2.82. The molecule has 2 rings (SSSR count). The molecule has 0 saturated carbocycles. The van der Waals surface area contributed by atoms with Gasteiger partial charge in [0.05, 0.1) is 18.4 Å². The van der Waals surface area contributed by atoms with E-state index in [0.717, 1.165) is 11.1 Å². The zero-order chi connectivity index (χ0) is 11.5. The first kappa shape index (κ1) is 10.8. The second kappa shape index (κ2) is 4.40. The number of rotatable bonds is 4. The Bertz CT molecular complexity index is 498. The first-order valence-electron chi connectivity index (χ1n) is 5.04. The molecule has 0 aliphatic carbocycles. The maximum absolute atomic E-state index is 11.8. The molecule has 1 N–H and O–H groups in total. The first-order chi connectivity index (χ1) is 7.74. The summed E-state index contributed by atoms with van der Waals surface area (Å²) in [7, 11) is 3.44. The fourth-order valence-corrected chi connectivity index (χ4v) is 1.63. The highest BCUT2D eigenvalue weighted by Crippen LogP contribution is 2.19. The third-order valence-electron chi connectivity index (χ3n) is 2.49. The number of aromatic nitrogens is 1. The Morgan fingerprint density at radius 3 is 3.12 bits per heavy atom. The summed E-state index contributed by atoms with van der Waals surface area (Å²) in [5.74, 6) is -0.119. The Morgan fingerprint density at radius 2 is 2.44 bits per heavy atom. The molecule has 0 atom stereocenters. The van der Waals surface area contributed by atoms with Crippen LogP contribution >= 0.6 is 0 Å². The number of aryl methyl sites for hydroxylation is 1. The van der Waals surface area contributed by atoms with Gasteiger partial charge >= 0.3 is 0 Å². The summed E-state index contributed by atoms with van der Waals surface area (Å²) >= 11 is 0. The smallest absolute Gasteiger partial charge is 0.268 e. The molecule has 5 nitrogen and oxygen atoms in total. The van der Waals surface area contributed by atoms with Gasteiger partial charge in [-0.05, 0) is 0 Å². The molecule has 0 aromatic carbocycles. The Kier molecular flexibility index (Phi) is 2.96. The number of methoxy groups -OCH3 is 1. The molecule has 2 aromatic rings. The van der Waals surface area contributed by atoms with Crippen molar-refractivity contribution in [2.45, 2.75) is 0 Å². The van der Waals surface area contributed by atoms with E-state index in [2.05, 4.69) is 5.32 Å². The third-order valence-corrected chi connectivity index (χ3v) is 2.49. The van der Waals surface area contributed by atoms with E-state index in [-0.39, 0.29) is 5.91 Å². The molecule has 0 radical (unpaired) electrons. The maximum atomic E-state index is 11.8. The molecule has 0 aliphatic rings. The predicted octanol–water partition coefficient (Wildman–Crippen LogP) is 1.15. The summed E-state index contributed by atoms with van der Waals surface area (Å²) in [5.41, 5.74) is 2.22. The summed E-state index contributed by atoms with van der Waals surface area (Å²) in [6, 6.07) is 3.57. The van der Waals surface area contributed by atoms with Gasteiger partial charge in [-0.25, -0.2) is 0 Å². The Morgan fingerprint density at radius 1 is 1.62 bits per heavy atom. The molecule has 2 heterocycles. The normalized spacial score (nSPS) is 10.9. The van der Waals surface area contributed by atoms with Crippen molar-refractivity contribution in [3.63, 3.8) is 0 Å². The molecule has 5 heteroatoms. The van der Waals surface area contributed by atoms with E-state index in [9.17, 15) is 4.79 Å². The summed E-state index contributed by atoms with van der Waals surface area (Å²) in [6.07, 6.45) is 1.61. The quantitative estimate of drug-likeness (QED) is 0.789. The lowest BCUT2D eigenvalue weighted by Crippen LogP contribution is -2.28. The Balaban J connectivity index is 2.16. The van der Waals surface area contributed by atoms with Crippen molar-refractivity contribution in [1.82, 2.24) is 9.88 Å². The summed E-state index contributed by atoms with van der Waals surface area (Å²) in [6.45, 7) is 1.01. The molecule has 0 saturated heterocycles. The zero-order valence-electron chi connectivity index (χ0n) is 9.32. The monoisotopic (exact) mass is 222 g/mol. The van der Waals surface area contributed by atoms with Crippen LogP contribution < -0.4 is 5.32 Å². The van der Waals surface area contributed by atoms with Crippen LogP contribution in [0, 0.1) is 0 Å². The Hall–Kier alpha value is -1.75. The van der Waals surface area contributed by atoms with E-state index in [1.54, 1.807) is 24.0 Å². The highest BCUT2D eigenvalue weighted by atomic mass is 16.5. The van der Waals surface area contributed by atoms with E-state index < -0.39 is 0 Å². The van der Waals surface area contributed by atoms with Crippen molar-refractivity contribution < 1.29 is 13.9 Å². The maximum Gasteiger partial charge on any atom is 0.268 e. The lowest BCUT2D eigenvalue weighted by atomic mass is 10.4. The molecule has 0 unspecified atom stereocenters. The molecular formula is C11H14N2O3. The molecule has 86 valence electrons. The van der Waals surface area contributed by atoms with Crippen LogP contribution in [0.2, 0.25) is 0 Å². The minimum absolute atomic E-state index is 0.119. The fourth-order valence-electron chi connectivity index (χ4n) is 1.63. The van der Waals surface area contributed by atoms with E-state index in [0.29, 0.717) is 18.8 Å². The van der Waals surface area contributed by atoms with Crippen LogP contribution in [0.25, 0.3) is 11.1 Å². The van der Waals surface area contributed by atoms with Gasteiger partial charge in [0.25, 0.3) is 5.91 Å². The lowest BCUT2D eigenvalue weighted by molar-refractivity contribution is 0.0929. The molecule has 0 spiro atoms. The number of nitrogens with one attached hydrogen (secondary N) is 1. The van der Waals surface area contributed by atoms with Gasteiger partial charge in [-0.3, -0.25) is 4.79 Å². The molecule has 1 amide bonds. The van der Waals surface area contributed by atoms with Crippen molar-refractivity contribution in [2.75, 3.05) is 20.3 Å². The largest absolute Gasteiger partial charge is 0.463 e. The van der Waals surface area contributed by atoms with Gasteiger partial charge in [-0.2, -0.15) is 0 Å². The van der Waals surface area contributed by atoms with Crippen molar-refractivity contribution in [1.29, 1.82) is 0 Å². The van der Waals surface area contributed by atoms with Crippen LogP contribution in [0.3, 0.4) is 0 Å². The van der Waals surface area contributed by atoms with Crippen LogP contribution in [-0.2, 0) is 11.8 Å². The number of carbonyl (C=O) groups excluding carboxylic acids is 1. The minimum Gasteiger partial charge on any atom is -0.463 e. The van der Waals surface area contributed by atoms with Gasteiger partial charge in [0.2, 0.25) is 0 Å². The van der Waals surface area contributed by atoms with E-state index in [4.69, 9.17) is 9.15 Å². The van der Waals surface area contributed by atoms with Crippen molar-refractivity contribution >= 4 is 17.0 Å². The molecule has 0 aliphatic heterocycles. The number of hydrogen-bond acceptors (Lipinski definition) is 3. The molecule has 2 aromatic heterocycles. The first-order valence-corrected chi connectivity index (χ1v) is 5.04. The number of carbonyl (C=O) groups is 1. The number of nitrogens with zero attached hydrogens (tertiary/aromatic N) is 1. The van der Waals surface area contributed by atoms with Gasteiger partial charge in [-0.1, -0.05) is 0 Å². The predicted molar refractivity (Wildman–Crippen MR) is 59.4 cm³/mol. The number of amides is 1. The van der Waals surface area contributed by atoms with Crippen LogP contribution in [0.1, 0.15) is 10.5 Å². The van der Waals surface area contributed by atoms with Gasteiger partial charge in [0, 0.05) is 32.8 Å². The highest BCUT2D eigenvalue weighted by Gasteiger charge is 2.14. The number of hydrogen-bond donors (Lipinski definition) is 1. The van der Waals surface area contributed by atoms with Crippen LogP contribution in [0.15, 0.2) is 22.8 Å². The molecule has 0 fully saturated rings. The molecule has 16 heavy (non-hydrogen) atoms. The average molecular weight is 222 g/mol. The van der Waals surface area contributed by atoms with Crippen LogP contribution in [0.5, 0.6) is 0 Å². The minimum atomic E-state index is -0.119. The van der Waals surface area contributed by atoms with Crippen molar-refractivity contribution in [3.05, 3.63) is 24.1 Å². The second-order valence-corrected chi connectivity index (χ2v) is 3.51. The van der Waals surface area contributed by atoms with E-state index >= 15 is 0 Å². The molecule has 0 bridgehead atoms. The Labute approximate surface area is 93.0 Å². The van der Waals surface area contributed by atoms with Gasteiger partial charge in [0.15, 0.2) is 5.58 Å². The number of furan rings is 1. The van der Waals surface area contributed by atoms with Crippen LogP contribution in [0.4, 0.5) is 0 Å². The highest BCUT2D eigenvalue weighted by molar-refractivity contribution is 5.97. The third kappa shape index (κ3) is 1.81. The SMILES string of the molecule is COCCNC(=O)c1cc2occc2n1C. The summed E-state index contributed by atoms with van der Waals surface area (Å²) in [5, 5.41) is 2.77. The zero-order valence-corrected chi connectivity index (χ0v) is 9.32. The van der Waals surface area contributed by atoms with Gasteiger partial charge < -0.3 is 19.0 Å². The fraction of sp³-hybridized carbons (Fsp3) is 0.364. The number of ether oxygens (including phenoxy) is 1. The number of fused-ring (bicyclic) bond motifs is 1. The topological polar surface area (TPSA) is 56.4 Å². The van der Waals surface area contributed by atoms with Crippen molar-refractivity contribution in [2.24, 2.45) is 7.05 Å². The summed E-state index contributed by atoms with van der Waals surface area (Å²) < 4.78 is 11.9. The lowest BCUT2D eigenvalue weighted by Gasteiger charge is -2.05. The van der Waals surface area contributed by atoms with Gasteiger partial charge in [0.1, 0.15) is 5.69 Å². The van der Waals surface area contributed by atoms with Crippen LogP contribution in [-0.4, -0.2) is 30.7 Å². The second-order valence-electron chi connectivity index (χ2n) is 3.51. The molecular weight excluding hydrogens is 208 g/mol. The standard InChI is InChI=1S/C11H14N2O3/c1-13-8-3-5-16-10(8)7-9(13)11(14)12-4-6-15-2/h3,5,7H,4,6H2,1-2H3,(H,12,14). The van der Waals surface area contributed by atoms with Crippen molar-refractivity contribution in [3.8, 4) is 0 Å². The van der Waals surface area contributed by atoms with E-state index in [1.165, 1.54) is 0 Å². The summed E-state index contributed by atoms with van der Waals surface area (Å²) in [4.78, 5) is 11.8. The van der Waals surface area contributed by atoms with Gasteiger partial charge in [-0.15, -0.1) is 0 Å². The van der Waals surface area contributed by atoms with E-state index in [1.807, 2.05) is 13.1 Å².